The molecule has 4 nitrogen and oxygen atoms in total. The molecule has 0 saturated carbocycles. The van der Waals surface area contributed by atoms with Gasteiger partial charge in [0.15, 0.2) is 6.29 Å². The maximum atomic E-state index is 9.07. The third-order valence-corrected chi connectivity index (χ3v) is 5.45. The van der Waals surface area contributed by atoms with E-state index in [1.54, 1.807) is 0 Å². The second-order valence-corrected chi connectivity index (χ2v) is 8.14. The highest BCUT2D eigenvalue weighted by Crippen LogP contribution is 2.13. The van der Waals surface area contributed by atoms with Crippen molar-refractivity contribution in [3.05, 3.63) is 0 Å². The van der Waals surface area contributed by atoms with Crippen molar-refractivity contribution in [2.45, 2.75) is 122 Å². The molecule has 0 bridgehead atoms. The smallest absolute Gasteiger partial charge is 0.152 e. The van der Waals surface area contributed by atoms with Crippen molar-refractivity contribution in [2.24, 2.45) is 0 Å². The normalized spacial score (nSPS) is 11.8. The van der Waals surface area contributed by atoms with E-state index in [4.69, 9.17) is 15.3 Å². The molecule has 3 N–H and O–H groups in total. The molecule has 0 amide bonds. The van der Waals surface area contributed by atoms with Gasteiger partial charge >= 0.3 is 0 Å². The van der Waals surface area contributed by atoms with Gasteiger partial charge in [-0.3, -0.25) is 0 Å². The van der Waals surface area contributed by atoms with E-state index in [0.29, 0.717) is 19.5 Å². The lowest BCUT2D eigenvalue weighted by molar-refractivity contribution is -0.0508. The quantitative estimate of drug-likeness (QED) is 0.175. The molecular weight excluding hydrogens is 338 g/mol. The Morgan fingerprint density at radius 1 is 0.556 bits per heavy atom. The summed E-state index contributed by atoms with van der Waals surface area (Å²) in [5.41, 5.74) is 0. The van der Waals surface area contributed by atoms with Crippen LogP contribution in [0, 0.1) is 0 Å². The summed E-state index contributed by atoms with van der Waals surface area (Å²) >= 11 is 0. The van der Waals surface area contributed by atoms with Crippen molar-refractivity contribution in [1.82, 2.24) is 4.90 Å². The number of nitrogens with zero attached hydrogens (tertiary/aromatic N) is 1. The Morgan fingerprint density at radius 2 is 0.963 bits per heavy atom. The lowest BCUT2D eigenvalue weighted by atomic mass is 10.0. The average Bonchev–Trinajstić information content (AvgIpc) is 2.65. The second-order valence-electron chi connectivity index (χ2n) is 8.14. The summed E-state index contributed by atoms with van der Waals surface area (Å²) in [5, 5.41) is 27.0. The molecule has 0 radical (unpaired) electrons. The molecule has 0 aliphatic carbocycles. The summed E-state index contributed by atoms with van der Waals surface area (Å²) in [6.45, 7) is 4.65. The Labute approximate surface area is 169 Å². The van der Waals surface area contributed by atoms with Crippen LogP contribution < -0.4 is 0 Å². The van der Waals surface area contributed by atoms with Gasteiger partial charge < -0.3 is 20.2 Å². The maximum absolute atomic E-state index is 9.07. The molecule has 0 unspecified atom stereocenters. The molecule has 0 fully saturated rings. The van der Waals surface area contributed by atoms with Crippen LogP contribution in [0.25, 0.3) is 0 Å². The van der Waals surface area contributed by atoms with Crippen LogP contribution in [-0.4, -0.2) is 52.8 Å². The number of hydrogen-bond acceptors (Lipinski definition) is 4. The van der Waals surface area contributed by atoms with Crippen LogP contribution >= 0.6 is 0 Å². The largest absolute Gasteiger partial charge is 0.395 e. The van der Waals surface area contributed by atoms with Crippen LogP contribution in [0.15, 0.2) is 0 Å². The summed E-state index contributed by atoms with van der Waals surface area (Å²) < 4.78 is 0. The standard InChI is InChI=1S/C23H49NO3/c1-2-3-4-5-6-7-8-9-10-11-12-13-14-15-16-17-19-24(21-22-25)20-18-23(26)27/h23,25-27H,2-22H2,1H3. The molecule has 4 heteroatoms. The Balaban J connectivity index is 3.25. The van der Waals surface area contributed by atoms with Gasteiger partial charge in [-0.15, -0.1) is 0 Å². The second kappa shape index (κ2) is 22.1. The van der Waals surface area contributed by atoms with Gasteiger partial charge in [-0.2, -0.15) is 0 Å². The average molecular weight is 388 g/mol. The van der Waals surface area contributed by atoms with Crippen molar-refractivity contribution in [3.63, 3.8) is 0 Å². The van der Waals surface area contributed by atoms with Crippen LogP contribution in [0.3, 0.4) is 0 Å². The fourth-order valence-corrected chi connectivity index (χ4v) is 3.66. The molecule has 0 atom stereocenters. The predicted octanol–water partition coefficient (Wildman–Crippen LogP) is 5.24. The first-order chi connectivity index (χ1) is 13.2. The Bertz CT molecular complexity index is 274. The Morgan fingerprint density at radius 3 is 1.33 bits per heavy atom. The molecule has 0 aromatic rings. The summed E-state index contributed by atoms with van der Waals surface area (Å²) in [5.74, 6) is 0. The third-order valence-electron chi connectivity index (χ3n) is 5.45. The fourth-order valence-electron chi connectivity index (χ4n) is 3.66. The molecule has 0 spiro atoms. The van der Waals surface area contributed by atoms with Crippen LogP contribution in [-0.2, 0) is 0 Å². The van der Waals surface area contributed by atoms with E-state index >= 15 is 0 Å². The minimum atomic E-state index is -1.24. The summed E-state index contributed by atoms with van der Waals surface area (Å²) in [6.07, 6.45) is 21.1. The van der Waals surface area contributed by atoms with Crippen LogP contribution in [0.1, 0.15) is 116 Å². The zero-order valence-electron chi connectivity index (χ0n) is 18.2. The number of aliphatic hydroxyl groups is 3. The molecule has 0 aromatic heterocycles. The van der Waals surface area contributed by atoms with E-state index in [-0.39, 0.29) is 6.61 Å². The van der Waals surface area contributed by atoms with Gasteiger partial charge in [-0.05, 0) is 13.0 Å². The van der Waals surface area contributed by atoms with Gasteiger partial charge in [-0.1, -0.05) is 103 Å². The third kappa shape index (κ3) is 22.0. The monoisotopic (exact) mass is 387 g/mol. The number of hydrogen-bond donors (Lipinski definition) is 3. The summed E-state index contributed by atoms with van der Waals surface area (Å²) in [6, 6.07) is 0. The predicted molar refractivity (Wildman–Crippen MR) is 116 cm³/mol. The van der Waals surface area contributed by atoms with Crippen molar-refractivity contribution in [2.75, 3.05) is 26.2 Å². The van der Waals surface area contributed by atoms with E-state index in [9.17, 15) is 0 Å². The molecule has 0 aliphatic heterocycles. The number of rotatable bonds is 22. The molecule has 0 aromatic carbocycles. The van der Waals surface area contributed by atoms with Gasteiger partial charge in [0, 0.05) is 19.5 Å². The molecule has 0 heterocycles. The van der Waals surface area contributed by atoms with Crippen molar-refractivity contribution < 1.29 is 15.3 Å². The summed E-state index contributed by atoms with van der Waals surface area (Å²) in [4.78, 5) is 2.13. The zero-order valence-corrected chi connectivity index (χ0v) is 18.2. The van der Waals surface area contributed by atoms with Crippen LogP contribution in [0.5, 0.6) is 0 Å². The molecule has 27 heavy (non-hydrogen) atoms. The highest BCUT2D eigenvalue weighted by atomic mass is 16.5. The first kappa shape index (κ1) is 26.8. The van der Waals surface area contributed by atoms with E-state index < -0.39 is 6.29 Å². The molecule has 0 saturated heterocycles. The van der Waals surface area contributed by atoms with Crippen molar-refractivity contribution in [1.29, 1.82) is 0 Å². The number of aliphatic hydroxyl groups excluding tert-OH is 2. The van der Waals surface area contributed by atoms with Crippen LogP contribution in [0.4, 0.5) is 0 Å². The van der Waals surface area contributed by atoms with Crippen molar-refractivity contribution in [3.8, 4) is 0 Å². The van der Waals surface area contributed by atoms with E-state index in [1.807, 2.05) is 0 Å². The highest BCUT2D eigenvalue weighted by molar-refractivity contribution is 4.59. The van der Waals surface area contributed by atoms with Gasteiger partial charge in [0.1, 0.15) is 0 Å². The van der Waals surface area contributed by atoms with Gasteiger partial charge in [0.05, 0.1) is 6.61 Å². The SMILES string of the molecule is CCCCCCCCCCCCCCCCCCN(CCO)CCC(O)O. The van der Waals surface area contributed by atoms with Crippen molar-refractivity contribution >= 4 is 0 Å². The fraction of sp³-hybridized carbons (Fsp3) is 1.00. The van der Waals surface area contributed by atoms with E-state index in [0.717, 1.165) is 13.0 Å². The van der Waals surface area contributed by atoms with Gasteiger partial charge in [0.2, 0.25) is 0 Å². The Kier molecular flexibility index (Phi) is 22.0. The number of unbranched alkanes of at least 4 members (excludes halogenated alkanes) is 15. The first-order valence-electron chi connectivity index (χ1n) is 11.9. The van der Waals surface area contributed by atoms with E-state index in [2.05, 4.69) is 11.8 Å². The highest BCUT2D eigenvalue weighted by Gasteiger charge is 2.06. The maximum Gasteiger partial charge on any atom is 0.152 e. The van der Waals surface area contributed by atoms with E-state index in [1.165, 1.54) is 96.3 Å². The summed E-state index contributed by atoms with van der Waals surface area (Å²) in [7, 11) is 0. The molecule has 0 rings (SSSR count). The first-order valence-corrected chi connectivity index (χ1v) is 11.9. The molecular formula is C23H49NO3. The topological polar surface area (TPSA) is 63.9 Å². The van der Waals surface area contributed by atoms with Gasteiger partial charge in [0.25, 0.3) is 0 Å². The zero-order chi connectivity index (χ0) is 20.0. The molecule has 0 aliphatic rings. The Hall–Kier alpha value is -0.160. The van der Waals surface area contributed by atoms with Gasteiger partial charge in [-0.25, -0.2) is 0 Å². The van der Waals surface area contributed by atoms with Crippen LogP contribution in [0.2, 0.25) is 0 Å². The lowest BCUT2D eigenvalue weighted by Crippen LogP contribution is -2.31. The minimum Gasteiger partial charge on any atom is -0.395 e. The minimum absolute atomic E-state index is 0.139. The molecule has 164 valence electrons. The lowest BCUT2D eigenvalue weighted by Gasteiger charge is -2.21.